The smallest absolute Gasteiger partial charge is 0.0721 e. The maximum absolute atomic E-state index is 10.4. The largest absolute Gasteiger partial charge is 0.392 e. The summed E-state index contributed by atoms with van der Waals surface area (Å²) in [5.41, 5.74) is 1.44. The zero-order valence-corrected chi connectivity index (χ0v) is 17.7. The molecule has 3 heteroatoms. The number of nitrogens with zero attached hydrogens (tertiary/aromatic N) is 1. The standard InChI is InChI=1S/C24H41NO2/c1-4-5-8-12-21(26)13-14-22-23-17-19(16-20(23)18-24(22)27)11-9-6-7-10-15-25(2)3/h9,11,13-14,16,20-24,26-27H,4-8,10,12,15,17-18H2,1-3H3/t20-,21-,22+,23-,24+/m0/s1. The number of fused-ring (bicyclic) bond motifs is 1. The van der Waals surface area contributed by atoms with Gasteiger partial charge in [-0.05, 0) is 71.0 Å². The van der Waals surface area contributed by atoms with E-state index in [9.17, 15) is 10.2 Å². The van der Waals surface area contributed by atoms with Crippen molar-refractivity contribution < 1.29 is 10.2 Å². The summed E-state index contributed by atoms with van der Waals surface area (Å²) in [5, 5.41) is 20.6. The summed E-state index contributed by atoms with van der Waals surface area (Å²) in [6, 6.07) is 0. The van der Waals surface area contributed by atoms with Crippen molar-refractivity contribution in [3.05, 3.63) is 36.0 Å². The molecular formula is C24H41NO2. The average Bonchev–Trinajstić information content (AvgIpc) is 3.12. The van der Waals surface area contributed by atoms with Crippen molar-refractivity contribution in [3.63, 3.8) is 0 Å². The molecule has 1 saturated carbocycles. The maximum atomic E-state index is 10.4. The Morgan fingerprint density at radius 2 is 2.04 bits per heavy atom. The minimum absolute atomic E-state index is 0.193. The van der Waals surface area contributed by atoms with Gasteiger partial charge < -0.3 is 15.1 Å². The highest BCUT2D eigenvalue weighted by molar-refractivity contribution is 5.28. The van der Waals surface area contributed by atoms with Crippen molar-refractivity contribution in [2.24, 2.45) is 17.8 Å². The summed E-state index contributed by atoms with van der Waals surface area (Å²) in [7, 11) is 4.25. The third-order valence-electron chi connectivity index (χ3n) is 6.12. The van der Waals surface area contributed by atoms with Gasteiger partial charge >= 0.3 is 0 Å². The molecular weight excluding hydrogens is 334 g/mol. The van der Waals surface area contributed by atoms with Gasteiger partial charge in [-0.25, -0.2) is 0 Å². The molecule has 2 aliphatic carbocycles. The van der Waals surface area contributed by atoms with Crippen molar-refractivity contribution in [2.45, 2.75) is 76.9 Å². The Balaban J connectivity index is 1.76. The summed E-state index contributed by atoms with van der Waals surface area (Å²) in [4.78, 5) is 2.24. The lowest BCUT2D eigenvalue weighted by atomic mass is 9.89. The Labute approximate surface area is 166 Å². The fourth-order valence-electron chi connectivity index (χ4n) is 4.55. The number of unbranched alkanes of at least 4 members (excludes halogenated alkanes) is 4. The molecule has 2 rings (SSSR count). The Kier molecular flexibility index (Phi) is 9.81. The lowest BCUT2D eigenvalue weighted by Crippen LogP contribution is -2.17. The highest BCUT2D eigenvalue weighted by atomic mass is 16.3. The quantitative estimate of drug-likeness (QED) is 0.383. The minimum Gasteiger partial charge on any atom is -0.392 e. The Morgan fingerprint density at radius 1 is 1.22 bits per heavy atom. The molecule has 0 saturated heterocycles. The van der Waals surface area contributed by atoms with Gasteiger partial charge in [0.2, 0.25) is 0 Å². The number of rotatable bonds is 12. The van der Waals surface area contributed by atoms with E-state index in [-0.39, 0.29) is 18.1 Å². The van der Waals surface area contributed by atoms with E-state index in [1.54, 1.807) is 0 Å². The Morgan fingerprint density at radius 3 is 2.78 bits per heavy atom. The predicted octanol–water partition coefficient (Wildman–Crippen LogP) is 4.72. The molecule has 1 fully saturated rings. The molecule has 0 heterocycles. The van der Waals surface area contributed by atoms with Crippen molar-refractivity contribution in [1.29, 1.82) is 0 Å². The molecule has 0 spiro atoms. The molecule has 0 aromatic rings. The predicted molar refractivity (Wildman–Crippen MR) is 115 cm³/mol. The normalized spacial score (nSPS) is 29.2. The van der Waals surface area contributed by atoms with Crippen molar-refractivity contribution in [2.75, 3.05) is 20.6 Å². The molecule has 2 N–H and O–H groups in total. The van der Waals surface area contributed by atoms with Crippen LogP contribution in [-0.2, 0) is 0 Å². The fourth-order valence-corrected chi connectivity index (χ4v) is 4.55. The number of hydrogen-bond donors (Lipinski definition) is 2. The van der Waals surface area contributed by atoms with E-state index in [2.05, 4.69) is 50.2 Å². The molecule has 0 bridgehead atoms. The first-order chi connectivity index (χ1) is 13.0. The number of aliphatic hydroxyl groups excluding tert-OH is 2. The molecule has 0 amide bonds. The van der Waals surface area contributed by atoms with Crippen LogP contribution in [0.25, 0.3) is 0 Å². The zero-order chi connectivity index (χ0) is 19.6. The van der Waals surface area contributed by atoms with Gasteiger partial charge in [0.25, 0.3) is 0 Å². The van der Waals surface area contributed by atoms with Gasteiger partial charge in [-0.2, -0.15) is 0 Å². The van der Waals surface area contributed by atoms with Crippen LogP contribution >= 0.6 is 0 Å². The molecule has 0 radical (unpaired) electrons. The lowest BCUT2D eigenvalue weighted by Gasteiger charge is -2.18. The summed E-state index contributed by atoms with van der Waals surface area (Å²) in [6.45, 7) is 3.34. The van der Waals surface area contributed by atoms with Gasteiger partial charge in [0, 0.05) is 5.92 Å². The van der Waals surface area contributed by atoms with E-state index in [0.29, 0.717) is 11.8 Å². The van der Waals surface area contributed by atoms with Crippen LogP contribution in [0.1, 0.15) is 64.7 Å². The molecule has 0 aromatic carbocycles. The van der Waals surface area contributed by atoms with Gasteiger partial charge in [0.05, 0.1) is 12.2 Å². The van der Waals surface area contributed by atoms with E-state index in [1.165, 1.54) is 31.3 Å². The topological polar surface area (TPSA) is 43.7 Å². The molecule has 3 nitrogen and oxygen atoms in total. The van der Waals surface area contributed by atoms with Gasteiger partial charge in [0.15, 0.2) is 0 Å². The Hall–Kier alpha value is -0.900. The summed E-state index contributed by atoms with van der Waals surface area (Å²) in [5.74, 6) is 1.20. The van der Waals surface area contributed by atoms with Crippen LogP contribution in [0.5, 0.6) is 0 Å². The van der Waals surface area contributed by atoms with Crippen molar-refractivity contribution in [1.82, 2.24) is 4.90 Å². The monoisotopic (exact) mass is 375 g/mol. The van der Waals surface area contributed by atoms with Crippen LogP contribution in [0.4, 0.5) is 0 Å². The molecule has 154 valence electrons. The second-order valence-electron chi connectivity index (χ2n) is 8.80. The first-order valence-corrected chi connectivity index (χ1v) is 11.1. The lowest BCUT2D eigenvalue weighted by molar-refractivity contribution is 0.140. The SMILES string of the molecule is CCCCC[C@H](O)C=C[C@@H]1[C@H]2CC(C=CCCCCN(C)C)=C[C@H]2C[C@H]1O. The van der Waals surface area contributed by atoms with Crippen LogP contribution in [0.2, 0.25) is 0 Å². The van der Waals surface area contributed by atoms with Crippen LogP contribution in [0.15, 0.2) is 36.0 Å². The second kappa shape index (κ2) is 11.8. The third-order valence-corrected chi connectivity index (χ3v) is 6.12. The van der Waals surface area contributed by atoms with Gasteiger partial charge in [-0.15, -0.1) is 0 Å². The number of hydrogen-bond acceptors (Lipinski definition) is 3. The molecule has 5 atom stereocenters. The average molecular weight is 376 g/mol. The molecule has 0 unspecified atom stereocenters. The van der Waals surface area contributed by atoms with Crippen LogP contribution in [-0.4, -0.2) is 48.0 Å². The first kappa shape index (κ1) is 22.4. The van der Waals surface area contributed by atoms with Crippen LogP contribution < -0.4 is 0 Å². The fraction of sp³-hybridized carbons (Fsp3) is 0.750. The zero-order valence-electron chi connectivity index (χ0n) is 17.7. The van der Waals surface area contributed by atoms with Crippen LogP contribution in [0.3, 0.4) is 0 Å². The molecule has 0 aliphatic heterocycles. The first-order valence-electron chi connectivity index (χ1n) is 11.1. The molecule has 0 aromatic heterocycles. The second-order valence-corrected chi connectivity index (χ2v) is 8.80. The van der Waals surface area contributed by atoms with Gasteiger partial charge in [-0.3, -0.25) is 0 Å². The van der Waals surface area contributed by atoms with E-state index >= 15 is 0 Å². The van der Waals surface area contributed by atoms with Gasteiger partial charge in [0.1, 0.15) is 0 Å². The van der Waals surface area contributed by atoms with E-state index in [1.807, 2.05) is 6.08 Å². The Bertz CT molecular complexity index is 509. The third kappa shape index (κ3) is 7.56. The highest BCUT2D eigenvalue weighted by Crippen LogP contribution is 2.47. The van der Waals surface area contributed by atoms with Crippen molar-refractivity contribution >= 4 is 0 Å². The minimum atomic E-state index is -0.362. The summed E-state index contributed by atoms with van der Waals surface area (Å²) in [6.07, 6.45) is 20.3. The summed E-state index contributed by atoms with van der Waals surface area (Å²) >= 11 is 0. The maximum Gasteiger partial charge on any atom is 0.0721 e. The molecule has 27 heavy (non-hydrogen) atoms. The molecule has 2 aliphatic rings. The number of aliphatic hydroxyl groups is 2. The van der Waals surface area contributed by atoms with E-state index in [0.717, 1.165) is 38.6 Å². The van der Waals surface area contributed by atoms with E-state index in [4.69, 9.17) is 0 Å². The van der Waals surface area contributed by atoms with Crippen LogP contribution in [0, 0.1) is 17.8 Å². The number of allylic oxidation sites excluding steroid dienone is 4. The summed E-state index contributed by atoms with van der Waals surface area (Å²) < 4.78 is 0. The van der Waals surface area contributed by atoms with Crippen molar-refractivity contribution in [3.8, 4) is 0 Å². The van der Waals surface area contributed by atoms with Gasteiger partial charge in [-0.1, -0.05) is 62.1 Å². The highest BCUT2D eigenvalue weighted by Gasteiger charge is 2.42. The van der Waals surface area contributed by atoms with E-state index < -0.39 is 0 Å².